The summed E-state index contributed by atoms with van der Waals surface area (Å²) < 4.78 is 39.2. The number of fused-ring (bicyclic) bond motifs is 1. The topological polar surface area (TPSA) is 107 Å². The van der Waals surface area contributed by atoms with E-state index in [-0.39, 0.29) is 16.5 Å². The molecule has 3 aromatic rings. The van der Waals surface area contributed by atoms with Crippen LogP contribution in [0, 0.1) is 0 Å². The Labute approximate surface area is 171 Å². The predicted octanol–water partition coefficient (Wildman–Crippen LogP) is 3.36. The molecule has 1 aliphatic heterocycles. The highest BCUT2D eigenvalue weighted by molar-refractivity contribution is 7.92. The number of hydrogen-bond acceptors (Lipinski definition) is 7. The Balaban J connectivity index is 1.54. The average molecular weight is 431 g/mol. The van der Waals surface area contributed by atoms with E-state index >= 15 is 0 Å². The normalized spacial score (nSPS) is 13.4. The third-order valence-corrected chi connectivity index (χ3v) is 6.13. The van der Waals surface area contributed by atoms with Gasteiger partial charge < -0.3 is 9.47 Å². The van der Waals surface area contributed by atoms with Crippen LogP contribution in [0.2, 0.25) is 0 Å². The smallest absolute Gasteiger partial charge is 0.262 e. The number of thiazole rings is 1. The van der Waals surface area contributed by atoms with Crippen LogP contribution in [0.15, 0.2) is 58.9 Å². The van der Waals surface area contributed by atoms with Gasteiger partial charge in [0.2, 0.25) is 0 Å². The lowest BCUT2D eigenvalue weighted by Gasteiger charge is -2.12. The van der Waals surface area contributed by atoms with Gasteiger partial charge in [0.05, 0.1) is 18.1 Å². The molecule has 0 bridgehead atoms. The molecule has 0 saturated carbocycles. The maximum atomic E-state index is 12.8. The molecule has 1 aliphatic rings. The molecule has 8 nitrogen and oxygen atoms in total. The van der Waals surface area contributed by atoms with E-state index in [1.165, 1.54) is 29.5 Å². The number of rotatable bonds is 5. The molecule has 0 atom stereocenters. The molecule has 29 heavy (non-hydrogen) atoms. The van der Waals surface area contributed by atoms with Crippen LogP contribution in [0.5, 0.6) is 11.5 Å². The molecule has 2 aromatic carbocycles. The van der Waals surface area contributed by atoms with E-state index in [1.54, 1.807) is 35.8 Å². The van der Waals surface area contributed by atoms with Crippen molar-refractivity contribution in [3.8, 4) is 11.5 Å². The molecular weight excluding hydrogens is 414 g/mol. The number of aromatic nitrogens is 1. The van der Waals surface area contributed by atoms with Gasteiger partial charge in [-0.2, -0.15) is 0 Å². The van der Waals surface area contributed by atoms with Gasteiger partial charge in [0.25, 0.3) is 15.9 Å². The number of anilines is 2. The largest absolute Gasteiger partial charge is 0.490 e. The molecule has 2 N–H and O–H groups in total. The van der Waals surface area contributed by atoms with Crippen molar-refractivity contribution >= 4 is 38.1 Å². The zero-order chi connectivity index (χ0) is 20.3. The van der Waals surface area contributed by atoms with E-state index < -0.39 is 10.0 Å². The van der Waals surface area contributed by atoms with Gasteiger partial charge in [-0.15, -0.1) is 11.3 Å². The first kappa shape index (κ1) is 19.2. The Kier molecular flexibility index (Phi) is 5.36. The summed E-state index contributed by atoms with van der Waals surface area (Å²) >= 11 is 1.29. The number of benzene rings is 2. The molecule has 150 valence electrons. The fraction of sp³-hybridized carbons (Fsp3) is 0.158. The van der Waals surface area contributed by atoms with Crippen molar-refractivity contribution in [2.24, 2.45) is 0 Å². The SMILES string of the molecule is O=C(Nc1nccs1)c1cccc(NS(=O)(=O)c2ccc3c(c2)OCCCO3)c1. The van der Waals surface area contributed by atoms with Crippen molar-refractivity contribution < 1.29 is 22.7 Å². The van der Waals surface area contributed by atoms with E-state index in [9.17, 15) is 13.2 Å². The van der Waals surface area contributed by atoms with Gasteiger partial charge in [0.15, 0.2) is 16.6 Å². The minimum Gasteiger partial charge on any atom is -0.490 e. The summed E-state index contributed by atoms with van der Waals surface area (Å²) in [4.78, 5) is 16.4. The van der Waals surface area contributed by atoms with Crippen LogP contribution in [0.1, 0.15) is 16.8 Å². The monoisotopic (exact) mass is 431 g/mol. The number of ether oxygens (including phenoxy) is 2. The summed E-state index contributed by atoms with van der Waals surface area (Å²) in [6.45, 7) is 0.980. The maximum absolute atomic E-state index is 12.8. The summed E-state index contributed by atoms with van der Waals surface area (Å²) in [5.74, 6) is 0.529. The number of carbonyl (C=O) groups is 1. The molecule has 1 amide bonds. The van der Waals surface area contributed by atoms with Crippen LogP contribution < -0.4 is 19.5 Å². The van der Waals surface area contributed by atoms with Gasteiger partial charge >= 0.3 is 0 Å². The average Bonchev–Trinajstić information content (AvgIpc) is 3.10. The van der Waals surface area contributed by atoms with Gasteiger partial charge in [-0.3, -0.25) is 14.8 Å². The lowest BCUT2D eigenvalue weighted by molar-refractivity contribution is 0.102. The molecule has 0 unspecified atom stereocenters. The van der Waals surface area contributed by atoms with Gasteiger partial charge in [0.1, 0.15) is 0 Å². The third-order valence-electron chi connectivity index (χ3n) is 4.06. The van der Waals surface area contributed by atoms with Gasteiger partial charge in [0, 0.05) is 35.3 Å². The number of sulfonamides is 1. The summed E-state index contributed by atoms with van der Waals surface area (Å²) in [6.07, 6.45) is 2.31. The Morgan fingerprint density at radius 3 is 2.69 bits per heavy atom. The Morgan fingerprint density at radius 2 is 1.90 bits per heavy atom. The van der Waals surface area contributed by atoms with Crippen molar-refractivity contribution in [1.29, 1.82) is 0 Å². The molecule has 0 radical (unpaired) electrons. The van der Waals surface area contributed by atoms with Crippen LogP contribution >= 0.6 is 11.3 Å². The van der Waals surface area contributed by atoms with Crippen molar-refractivity contribution in [1.82, 2.24) is 4.98 Å². The molecule has 0 saturated heterocycles. The molecule has 10 heteroatoms. The van der Waals surface area contributed by atoms with Crippen LogP contribution in [-0.2, 0) is 10.0 Å². The van der Waals surface area contributed by atoms with E-state index in [2.05, 4.69) is 15.0 Å². The summed E-state index contributed by atoms with van der Waals surface area (Å²) in [5, 5.41) is 4.87. The zero-order valence-electron chi connectivity index (χ0n) is 15.1. The molecule has 0 aliphatic carbocycles. The van der Waals surface area contributed by atoms with Crippen LogP contribution in [-0.4, -0.2) is 32.5 Å². The molecule has 0 fully saturated rings. The Bertz CT molecular complexity index is 1130. The fourth-order valence-corrected chi connectivity index (χ4v) is 4.29. The summed E-state index contributed by atoms with van der Waals surface area (Å²) in [7, 11) is -3.88. The molecule has 0 spiro atoms. The third kappa shape index (κ3) is 4.49. The second kappa shape index (κ2) is 8.10. The molecular formula is C19H17N3O5S2. The lowest BCUT2D eigenvalue weighted by atomic mass is 10.2. The number of amides is 1. The zero-order valence-corrected chi connectivity index (χ0v) is 16.8. The fourth-order valence-electron chi connectivity index (χ4n) is 2.70. The van der Waals surface area contributed by atoms with Gasteiger partial charge in [-0.1, -0.05) is 6.07 Å². The first-order valence-electron chi connectivity index (χ1n) is 8.75. The van der Waals surface area contributed by atoms with E-state index in [1.807, 2.05) is 0 Å². The first-order chi connectivity index (χ1) is 14.0. The number of nitrogens with one attached hydrogen (secondary N) is 2. The highest BCUT2D eigenvalue weighted by atomic mass is 32.2. The van der Waals surface area contributed by atoms with E-state index in [0.717, 1.165) is 6.42 Å². The Morgan fingerprint density at radius 1 is 1.07 bits per heavy atom. The highest BCUT2D eigenvalue weighted by Gasteiger charge is 2.19. The van der Waals surface area contributed by atoms with Crippen LogP contribution in [0.25, 0.3) is 0 Å². The van der Waals surface area contributed by atoms with Crippen LogP contribution in [0.3, 0.4) is 0 Å². The quantitative estimate of drug-likeness (QED) is 0.642. The lowest BCUT2D eigenvalue weighted by Crippen LogP contribution is -2.15. The summed E-state index contributed by atoms with van der Waals surface area (Å²) in [5.41, 5.74) is 0.572. The molecule has 2 heterocycles. The standard InChI is InChI=1S/C19H17N3O5S2/c23-18(21-19-20-7-10-28-19)13-3-1-4-14(11-13)22-29(24,25)15-5-6-16-17(12-15)27-9-2-8-26-16/h1,3-7,10-12,22H,2,8-9H2,(H,20,21,23). The molecule has 1 aromatic heterocycles. The molecule has 4 rings (SSSR count). The second-order valence-electron chi connectivity index (χ2n) is 6.14. The van der Waals surface area contributed by atoms with Crippen LogP contribution in [0.4, 0.5) is 10.8 Å². The number of hydrogen-bond donors (Lipinski definition) is 2. The Hall–Kier alpha value is -3.11. The van der Waals surface area contributed by atoms with Gasteiger partial charge in [-0.25, -0.2) is 13.4 Å². The highest BCUT2D eigenvalue weighted by Crippen LogP contribution is 2.32. The predicted molar refractivity (Wildman–Crippen MR) is 109 cm³/mol. The van der Waals surface area contributed by atoms with Crippen molar-refractivity contribution in [2.75, 3.05) is 23.3 Å². The minimum absolute atomic E-state index is 0.0411. The van der Waals surface area contributed by atoms with Crippen molar-refractivity contribution in [2.45, 2.75) is 11.3 Å². The number of carbonyl (C=O) groups excluding carboxylic acids is 1. The first-order valence-corrected chi connectivity index (χ1v) is 11.1. The van der Waals surface area contributed by atoms with Crippen molar-refractivity contribution in [3.05, 3.63) is 59.6 Å². The van der Waals surface area contributed by atoms with Gasteiger partial charge in [-0.05, 0) is 30.3 Å². The minimum atomic E-state index is -3.88. The second-order valence-corrected chi connectivity index (χ2v) is 8.71. The summed E-state index contributed by atoms with van der Waals surface area (Å²) in [6, 6.07) is 10.7. The van der Waals surface area contributed by atoms with E-state index in [4.69, 9.17) is 9.47 Å². The van der Waals surface area contributed by atoms with Crippen molar-refractivity contribution in [3.63, 3.8) is 0 Å². The number of nitrogens with zero attached hydrogens (tertiary/aromatic N) is 1. The maximum Gasteiger partial charge on any atom is 0.262 e. The van der Waals surface area contributed by atoms with E-state index in [0.29, 0.717) is 35.4 Å².